The smallest absolute Gasteiger partial charge is 0.176 e. The van der Waals surface area contributed by atoms with Crippen LogP contribution in [-0.2, 0) is 0 Å². The Morgan fingerprint density at radius 3 is 2.60 bits per heavy atom. The first-order valence-corrected chi connectivity index (χ1v) is 5.55. The third-order valence-electron chi connectivity index (χ3n) is 2.34. The van der Waals surface area contributed by atoms with Gasteiger partial charge in [0.2, 0.25) is 0 Å². The summed E-state index contributed by atoms with van der Waals surface area (Å²) in [4.78, 5) is 11.5. The van der Waals surface area contributed by atoms with Gasteiger partial charge in [-0.2, -0.15) is 12.6 Å². The fourth-order valence-electron chi connectivity index (χ4n) is 1.38. The van der Waals surface area contributed by atoms with E-state index in [0.29, 0.717) is 17.2 Å². The van der Waals surface area contributed by atoms with Crippen molar-refractivity contribution in [1.82, 2.24) is 0 Å². The van der Waals surface area contributed by atoms with Gasteiger partial charge in [-0.05, 0) is 23.6 Å². The van der Waals surface area contributed by atoms with Gasteiger partial charge >= 0.3 is 0 Å². The summed E-state index contributed by atoms with van der Waals surface area (Å²) in [5, 5.41) is 0. The fourth-order valence-corrected chi connectivity index (χ4v) is 1.55. The maximum atomic E-state index is 11.5. The molecule has 0 heterocycles. The molecule has 0 amide bonds. The minimum Gasteiger partial charge on any atom is -0.496 e. The first-order valence-electron chi connectivity index (χ1n) is 4.92. The Kier molecular flexibility index (Phi) is 4.21. The Hall–Kier alpha value is -0.960. The molecular formula is C12H16O2S. The van der Waals surface area contributed by atoms with Gasteiger partial charge in [0, 0.05) is 0 Å². The molecule has 1 aromatic carbocycles. The lowest BCUT2D eigenvalue weighted by atomic mass is 10.00. The number of Topliss-reactive ketones (excluding diaryl/α,β-unsaturated/α-hetero) is 1. The minimum atomic E-state index is -0.00881. The van der Waals surface area contributed by atoms with Gasteiger partial charge in [-0.1, -0.05) is 19.9 Å². The average molecular weight is 224 g/mol. The lowest BCUT2D eigenvalue weighted by Crippen LogP contribution is -2.04. The highest BCUT2D eigenvalue weighted by Gasteiger charge is 2.12. The molecule has 0 N–H and O–H groups in total. The lowest BCUT2D eigenvalue weighted by Gasteiger charge is -2.11. The van der Waals surface area contributed by atoms with Crippen LogP contribution in [0.25, 0.3) is 0 Å². The number of hydrogen-bond donors (Lipinski definition) is 1. The highest BCUT2D eigenvalue weighted by molar-refractivity contribution is 7.81. The molecular weight excluding hydrogens is 208 g/mol. The molecule has 0 aliphatic rings. The van der Waals surface area contributed by atoms with Crippen LogP contribution in [-0.4, -0.2) is 18.6 Å². The predicted octanol–water partition coefficient (Wildman–Crippen LogP) is 2.93. The summed E-state index contributed by atoms with van der Waals surface area (Å²) >= 11 is 3.97. The van der Waals surface area contributed by atoms with E-state index in [-0.39, 0.29) is 11.5 Å². The summed E-state index contributed by atoms with van der Waals surface area (Å²) in [7, 11) is 1.58. The molecule has 0 aliphatic heterocycles. The molecule has 1 rings (SSSR count). The number of benzene rings is 1. The van der Waals surface area contributed by atoms with Crippen LogP contribution in [0.4, 0.5) is 0 Å². The molecule has 0 unspecified atom stereocenters. The zero-order valence-corrected chi connectivity index (χ0v) is 10.2. The summed E-state index contributed by atoms with van der Waals surface area (Å²) in [6.45, 7) is 4.21. The highest BCUT2D eigenvalue weighted by atomic mass is 32.1. The molecule has 0 aliphatic carbocycles. The number of rotatable bonds is 4. The number of hydrogen-bond acceptors (Lipinski definition) is 3. The van der Waals surface area contributed by atoms with E-state index in [2.05, 4.69) is 26.5 Å². The number of carbonyl (C=O) groups is 1. The Bertz CT molecular complexity index is 359. The third-order valence-corrected chi connectivity index (χ3v) is 2.62. The first-order chi connectivity index (χ1) is 7.10. The summed E-state index contributed by atoms with van der Waals surface area (Å²) in [6, 6.07) is 5.69. The van der Waals surface area contributed by atoms with Gasteiger partial charge in [-0.15, -0.1) is 0 Å². The molecule has 15 heavy (non-hydrogen) atoms. The number of ether oxygens (including phenoxy) is 1. The maximum absolute atomic E-state index is 11.5. The molecule has 0 aromatic heterocycles. The monoisotopic (exact) mass is 224 g/mol. The van der Waals surface area contributed by atoms with E-state index in [4.69, 9.17) is 4.74 Å². The van der Waals surface area contributed by atoms with Gasteiger partial charge in [0.25, 0.3) is 0 Å². The van der Waals surface area contributed by atoms with Gasteiger partial charge in [-0.25, -0.2) is 0 Å². The van der Waals surface area contributed by atoms with E-state index < -0.39 is 0 Å². The summed E-state index contributed by atoms with van der Waals surface area (Å²) in [5.41, 5.74) is 1.78. The second kappa shape index (κ2) is 5.21. The van der Waals surface area contributed by atoms with Crippen molar-refractivity contribution in [3.63, 3.8) is 0 Å². The van der Waals surface area contributed by atoms with Gasteiger partial charge in [0.15, 0.2) is 5.78 Å². The van der Waals surface area contributed by atoms with Gasteiger partial charge in [0.05, 0.1) is 18.4 Å². The van der Waals surface area contributed by atoms with Crippen molar-refractivity contribution in [2.24, 2.45) is 0 Å². The van der Waals surface area contributed by atoms with Crippen molar-refractivity contribution in [3.8, 4) is 5.75 Å². The number of methoxy groups -OCH3 is 1. The molecule has 0 fully saturated rings. The Balaban J connectivity index is 3.15. The molecule has 0 spiro atoms. The van der Waals surface area contributed by atoms with Crippen molar-refractivity contribution in [3.05, 3.63) is 29.3 Å². The molecule has 1 aromatic rings. The average Bonchev–Trinajstić information content (AvgIpc) is 2.27. The number of carbonyl (C=O) groups excluding carboxylic acids is 1. The van der Waals surface area contributed by atoms with Crippen LogP contribution in [0.1, 0.15) is 35.7 Å². The summed E-state index contributed by atoms with van der Waals surface area (Å²) in [6.07, 6.45) is 0. The van der Waals surface area contributed by atoms with E-state index in [1.807, 2.05) is 18.2 Å². The zero-order chi connectivity index (χ0) is 11.4. The van der Waals surface area contributed by atoms with Crippen LogP contribution < -0.4 is 4.74 Å². The van der Waals surface area contributed by atoms with Crippen molar-refractivity contribution < 1.29 is 9.53 Å². The van der Waals surface area contributed by atoms with Gasteiger partial charge in [0.1, 0.15) is 5.75 Å². The molecule has 0 saturated carbocycles. The van der Waals surface area contributed by atoms with Crippen LogP contribution in [0.2, 0.25) is 0 Å². The zero-order valence-electron chi connectivity index (χ0n) is 9.28. The van der Waals surface area contributed by atoms with Crippen molar-refractivity contribution >= 4 is 18.4 Å². The topological polar surface area (TPSA) is 26.3 Å². The predicted molar refractivity (Wildman–Crippen MR) is 65.3 cm³/mol. The molecule has 0 saturated heterocycles. The highest BCUT2D eigenvalue weighted by Crippen LogP contribution is 2.25. The quantitative estimate of drug-likeness (QED) is 0.628. The number of thiol groups is 1. The van der Waals surface area contributed by atoms with Crippen LogP contribution in [0.15, 0.2) is 18.2 Å². The Morgan fingerprint density at radius 2 is 2.13 bits per heavy atom. The second-order valence-electron chi connectivity index (χ2n) is 3.70. The molecule has 82 valence electrons. The maximum Gasteiger partial charge on any atom is 0.176 e. The van der Waals surface area contributed by atoms with Crippen molar-refractivity contribution in [1.29, 1.82) is 0 Å². The molecule has 3 heteroatoms. The summed E-state index contributed by atoms with van der Waals surface area (Å²) < 4.78 is 5.20. The number of ketones is 1. The fraction of sp³-hybridized carbons (Fsp3) is 0.417. The van der Waals surface area contributed by atoms with Crippen LogP contribution >= 0.6 is 12.6 Å². The molecule has 0 bridgehead atoms. The van der Waals surface area contributed by atoms with E-state index in [1.54, 1.807) is 7.11 Å². The van der Waals surface area contributed by atoms with Crippen LogP contribution in [0, 0.1) is 0 Å². The van der Waals surface area contributed by atoms with E-state index >= 15 is 0 Å². The van der Waals surface area contributed by atoms with Crippen molar-refractivity contribution in [2.75, 3.05) is 12.9 Å². The normalized spacial score (nSPS) is 10.5. The Labute approximate surface area is 96.1 Å². The van der Waals surface area contributed by atoms with Gasteiger partial charge in [-0.3, -0.25) is 4.79 Å². The van der Waals surface area contributed by atoms with E-state index in [1.165, 1.54) is 5.56 Å². The Morgan fingerprint density at radius 1 is 1.47 bits per heavy atom. The van der Waals surface area contributed by atoms with Gasteiger partial charge < -0.3 is 4.74 Å². The summed E-state index contributed by atoms with van der Waals surface area (Å²) in [5.74, 6) is 1.27. The van der Waals surface area contributed by atoms with Crippen molar-refractivity contribution in [2.45, 2.75) is 19.8 Å². The van der Waals surface area contributed by atoms with E-state index in [0.717, 1.165) is 0 Å². The minimum absolute atomic E-state index is 0.00881. The van der Waals surface area contributed by atoms with E-state index in [9.17, 15) is 4.79 Å². The first kappa shape index (κ1) is 12.1. The van der Waals surface area contributed by atoms with Crippen LogP contribution in [0.5, 0.6) is 5.75 Å². The third kappa shape index (κ3) is 2.75. The molecule has 2 nitrogen and oxygen atoms in total. The van der Waals surface area contributed by atoms with Crippen LogP contribution in [0.3, 0.4) is 0 Å². The SMILES string of the molecule is COc1cc(C(C)C)ccc1C(=O)CS. The molecule has 0 atom stereocenters. The largest absolute Gasteiger partial charge is 0.496 e. The standard InChI is InChI=1S/C12H16O2S/c1-8(2)9-4-5-10(11(13)7-15)12(6-9)14-3/h4-6,8,15H,7H2,1-3H3. The lowest BCUT2D eigenvalue weighted by molar-refractivity contribution is 0.102. The second-order valence-corrected chi connectivity index (χ2v) is 4.01. The molecule has 0 radical (unpaired) electrons.